The molecule has 1 saturated carbocycles. The minimum atomic E-state index is 0.243. The third-order valence-corrected chi connectivity index (χ3v) is 5.43. The van der Waals surface area contributed by atoms with Crippen LogP contribution in [0.15, 0.2) is 12.1 Å². The second kappa shape index (κ2) is 6.75. The summed E-state index contributed by atoms with van der Waals surface area (Å²) < 4.78 is 16.3. The van der Waals surface area contributed by atoms with E-state index in [9.17, 15) is 4.79 Å². The van der Waals surface area contributed by atoms with Crippen molar-refractivity contribution in [3.63, 3.8) is 0 Å². The fourth-order valence-electron chi connectivity index (χ4n) is 3.77. The summed E-state index contributed by atoms with van der Waals surface area (Å²) in [6.07, 6.45) is 3.16. The Balaban J connectivity index is 1.35. The molecule has 25 heavy (non-hydrogen) atoms. The number of hydrogen-bond donors (Lipinski definition) is 1. The minimum absolute atomic E-state index is 0.243. The molecule has 6 heteroatoms. The van der Waals surface area contributed by atoms with Crippen LogP contribution in [0.25, 0.3) is 0 Å². The van der Waals surface area contributed by atoms with Crippen LogP contribution in [0.1, 0.15) is 31.7 Å². The van der Waals surface area contributed by atoms with Crippen molar-refractivity contribution < 1.29 is 19.0 Å². The second-order valence-electron chi connectivity index (χ2n) is 7.34. The number of carbonyl (C=O) groups is 1. The highest BCUT2D eigenvalue weighted by Crippen LogP contribution is 2.41. The van der Waals surface area contributed by atoms with Crippen molar-refractivity contribution in [2.24, 2.45) is 11.8 Å². The lowest BCUT2D eigenvalue weighted by Gasteiger charge is -2.37. The Labute approximate surface area is 148 Å². The summed E-state index contributed by atoms with van der Waals surface area (Å²) in [4.78, 5) is 14.3. The number of ether oxygens (including phenoxy) is 3. The fourth-order valence-corrected chi connectivity index (χ4v) is 3.77. The Bertz CT molecular complexity index is 659. The molecule has 1 aromatic carbocycles. The number of likely N-dealkylation sites (tertiary alicyclic amines) is 1. The van der Waals surface area contributed by atoms with Crippen LogP contribution in [-0.2, 0) is 11.3 Å². The predicted octanol–water partition coefficient (Wildman–Crippen LogP) is 2.16. The van der Waals surface area contributed by atoms with Crippen LogP contribution in [0, 0.1) is 11.8 Å². The number of carbonyl (C=O) groups excluding carboxylic acids is 1. The molecule has 2 atom stereocenters. The van der Waals surface area contributed by atoms with Crippen LogP contribution in [0.4, 0.5) is 0 Å². The van der Waals surface area contributed by atoms with E-state index in [4.69, 9.17) is 14.2 Å². The number of hydrogen-bond acceptors (Lipinski definition) is 5. The molecular weight excluding hydrogens is 320 g/mol. The van der Waals surface area contributed by atoms with Crippen molar-refractivity contribution in [1.29, 1.82) is 0 Å². The zero-order valence-electron chi connectivity index (χ0n) is 14.9. The van der Waals surface area contributed by atoms with Crippen molar-refractivity contribution in [1.82, 2.24) is 10.2 Å². The van der Waals surface area contributed by atoms with Gasteiger partial charge in [-0.25, -0.2) is 0 Å². The normalized spacial score (nSPS) is 25.1. The molecule has 0 aromatic heterocycles. The Kier molecular flexibility index (Phi) is 4.46. The van der Waals surface area contributed by atoms with Gasteiger partial charge in [-0.15, -0.1) is 0 Å². The van der Waals surface area contributed by atoms with Gasteiger partial charge in [0.2, 0.25) is 18.4 Å². The smallest absolute Gasteiger partial charge is 0.231 e. The fraction of sp³-hybridized carbons (Fsp3) is 0.632. The number of fused-ring (bicyclic) bond motifs is 1. The lowest BCUT2D eigenvalue weighted by molar-refractivity contribution is -0.134. The summed E-state index contributed by atoms with van der Waals surface area (Å²) in [6, 6.07) is 4.42. The molecule has 2 fully saturated rings. The number of nitrogens with one attached hydrogen (secondary N) is 1. The Morgan fingerprint density at radius 3 is 2.88 bits per heavy atom. The first-order valence-corrected chi connectivity index (χ1v) is 9.14. The van der Waals surface area contributed by atoms with Gasteiger partial charge in [-0.2, -0.15) is 0 Å². The van der Waals surface area contributed by atoms with E-state index in [1.807, 2.05) is 12.1 Å². The molecule has 1 saturated heterocycles. The highest BCUT2D eigenvalue weighted by atomic mass is 16.7. The number of rotatable bonds is 5. The molecule has 1 aliphatic carbocycles. The van der Waals surface area contributed by atoms with Gasteiger partial charge < -0.3 is 24.4 Å². The second-order valence-corrected chi connectivity index (χ2v) is 7.34. The molecule has 0 spiro atoms. The molecule has 4 rings (SSSR count). The maximum absolute atomic E-state index is 12.2. The highest BCUT2D eigenvalue weighted by Gasteiger charge is 2.36. The quantitative estimate of drug-likeness (QED) is 0.885. The zero-order valence-corrected chi connectivity index (χ0v) is 14.9. The molecule has 6 nitrogen and oxygen atoms in total. The maximum Gasteiger partial charge on any atom is 0.231 e. The van der Waals surface area contributed by atoms with Gasteiger partial charge in [0.15, 0.2) is 11.5 Å². The van der Waals surface area contributed by atoms with Gasteiger partial charge in [-0.1, -0.05) is 6.92 Å². The molecule has 0 bridgehead atoms. The first kappa shape index (κ1) is 16.5. The van der Waals surface area contributed by atoms with Crippen molar-refractivity contribution in [3.8, 4) is 17.2 Å². The number of methoxy groups -OCH3 is 1. The first-order chi connectivity index (χ1) is 12.2. The average Bonchev–Trinajstić information content (AvgIpc) is 3.36. The largest absolute Gasteiger partial charge is 0.493 e. The van der Waals surface area contributed by atoms with Crippen LogP contribution in [0.3, 0.4) is 0 Å². The van der Waals surface area contributed by atoms with Crippen molar-refractivity contribution in [2.45, 2.75) is 38.8 Å². The standard InChI is InChI=1S/C19H26N2O4/c1-12-10-21(19(22)14-3-4-14)6-5-15(12)20-9-13-7-16(23-2)18-17(8-13)24-11-25-18/h7-8,12,14-15,20H,3-6,9-11H2,1-2H3/t12-,15+/m0/s1. The van der Waals surface area contributed by atoms with E-state index >= 15 is 0 Å². The Morgan fingerprint density at radius 2 is 2.16 bits per heavy atom. The molecule has 0 unspecified atom stereocenters. The highest BCUT2D eigenvalue weighted by molar-refractivity contribution is 5.81. The third kappa shape index (κ3) is 3.40. The summed E-state index contributed by atoms with van der Waals surface area (Å²) >= 11 is 0. The van der Waals surface area contributed by atoms with Gasteiger partial charge in [0.25, 0.3) is 0 Å². The summed E-state index contributed by atoms with van der Waals surface area (Å²) in [6.45, 7) is 4.94. The molecule has 136 valence electrons. The lowest BCUT2D eigenvalue weighted by atomic mass is 9.93. The maximum atomic E-state index is 12.2. The minimum Gasteiger partial charge on any atom is -0.493 e. The Morgan fingerprint density at radius 1 is 1.32 bits per heavy atom. The van der Waals surface area contributed by atoms with Gasteiger partial charge in [-0.05, 0) is 42.9 Å². The van der Waals surface area contributed by atoms with Crippen molar-refractivity contribution >= 4 is 5.91 Å². The average molecular weight is 346 g/mol. The SMILES string of the molecule is COc1cc(CN[C@@H]2CCN(C(=O)C3CC3)C[C@@H]2C)cc2c1OCO2. The zero-order chi connectivity index (χ0) is 17.4. The summed E-state index contributed by atoms with van der Waals surface area (Å²) in [5.41, 5.74) is 1.12. The summed E-state index contributed by atoms with van der Waals surface area (Å²) in [7, 11) is 1.64. The molecule has 2 heterocycles. The summed E-state index contributed by atoms with van der Waals surface area (Å²) in [5.74, 6) is 3.28. The number of piperidine rings is 1. The van der Waals surface area contributed by atoms with Crippen LogP contribution in [-0.4, -0.2) is 43.8 Å². The van der Waals surface area contributed by atoms with Crippen LogP contribution < -0.4 is 19.5 Å². The molecule has 1 N–H and O–H groups in total. The third-order valence-electron chi connectivity index (χ3n) is 5.43. The van der Waals surface area contributed by atoms with E-state index in [0.29, 0.717) is 35.3 Å². The van der Waals surface area contributed by atoms with Crippen molar-refractivity contribution in [2.75, 3.05) is 27.0 Å². The van der Waals surface area contributed by atoms with Crippen molar-refractivity contribution in [3.05, 3.63) is 17.7 Å². The van der Waals surface area contributed by atoms with E-state index in [2.05, 4.69) is 17.1 Å². The van der Waals surface area contributed by atoms with E-state index in [1.54, 1.807) is 7.11 Å². The summed E-state index contributed by atoms with van der Waals surface area (Å²) in [5, 5.41) is 3.64. The van der Waals surface area contributed by atoms with E-state index in [-0.39, 0.29) is 6.79 Å². The van der Waals surface area contributed by atoms with Gasteiger partial charge in [-0.3, -0.25) is 4.79 Å². The van der Waals surface area contributed by atoms with Gasteiger partial charge in [0.05, 0.1) is 7.11 Å². The monoisotopic (exact) mass is 346 g/mol. The van der Waals surface area contributed by atoms with E-state index in [1.165, 1.54) is 0 Å². The van der Waals surface area contributed by atoms with Gasteiger partial charge in [0, 0.05) is 31.6 Å². The topological polar surface area (TPSA) is 60.0 Å². The molecule has 0 radical (unpaired) electrons. The van der Waals surface area contributed by atoms with Gasteiger partial charge in [0.1, 0.15) is 0 Å². The van der Waals surface area contributed by atoms with E-state index < -0.39 is 0 Å². The van der Waals surface area contributed by atoms with E-state index in [0.717, 1.165) is 50.2 Å². The lowest BCUT2D eigenvalue weighted by Crippen LogP contribution is -2.50. The first-order valence-electron chi connectivity index (χ1n) is 9.14. The molecule has 1 amide bonds. The number of benzene rings is 1. The molecular formula is C19H26N2O4. The molecule has 2 aliphatic heterocycles. The van der Waals surface area contributed by atoms with Crippen LogP contribution in [0.2, 0.25) is 0 Å². The Hall–Kier alpha value is -1.95. The predicted molar refractivity (Wildman–Crippen MR) is 92.8 cm³/mol. The van der Waals surface area contributed by atoms with Crippen LogP contribution >= 0.6 is 0 Å². The van der Waals surface area contributed by atoms with Crippen LogP contribution in [0.5, 0.6) is 17.2 Å². The van der Waals surface area contributed by atoms with Gasteiger partial charge >= 0.3 is 0 Å². The molecule has 3 aliphatic rings. The molecule has 1 aromatic rings. The number of amides is 1. The number of nitrogens with zero attached hydrogens (tertiary/aromatic N) is 1.